The van der Waals surface area contributed by atoms with Crippen molar-refractivity contribution in [2.75, 3.05) is 26.7 Å². The highest BCUT2D eigenvalue weighted by atomic mass is 16.5. The number of nitrogens with zero attached hydrogens (tertiary/aromatic N) is 2. The number of rotatable bonds is 9. The first kappa shape index (κ1) is 23.1. The topological polar surface area (TPSA) is 63.6 Å². The Kier molecular flexibility index (Phi) is 7.91. The minimum Gasteiger partial charge on any atom is -0.497 e. The molecule has 1 aromatic carbocycles. The molecule has 1 atom stereocenters. The first-order chi connectivity index (χ1) is 15.0. The number of carbonyl (C=O) groups excluding carboxylic acids is 1. The molecule has 1 aromatic heterocycles. The number of hydrogen-bond donors (Lipinski definition) is 1. The van der Waals surface area contributed by atoms with Crippen LogP contribution in [-0.4, -0.2) is 48.2 Å². The van der Waals surface area contributed by atoms with Gasteiger partial charge in [-0.3, -0.25) is 14.5 Å². The zero-order chi connectivity index (χ0) is 22.4. The molecule has 1 fully saturated rings. The van der Waals surface area contributed by atoms with Gasteiger partial charge in [0, 0.05) is 36.6 Å². The quantitative estimate of drug-likeness (QED) is 0.670. The number of aryl methyl sites for hydroxylation is 1. The average molecular weight is 426 g/mol. The third-order valence-electron chi connectivity index (χ3n) is 6.35. The van der Waals surface area contributed by atoms with Crippen molar-refractivity contribution in [3.05, 3.63) is 63.1 Å². The van der Waals surface area contributed by atoms with Gasteiger partial charge in [0.15, 0.2) is 5.43 Å². The summed E-state index contributed by atoms with van der Waals surface area (Å²) in [6.07, 6.45) is 3.71. The second kappa shape index (κ2) is 10.6. The van der Waals surface area contributed by atoms with Crippen molar-refractivity contribution in [3.8, 4) is 5.75 Å². The monoisotopic (exact) mass is 425 g/mol. The number of benzene rings is 1. The van der Waals surface area contributed by atoms with Crippen LogP contribution in [0, 0.1) is 6.92 Å². The molecule has 0 unspecified atom stereocenters. The van der Waals surface area contributed by atoms with Crippen LogP contribution in [0.25, 0.3) is 0 Å². The maximum Gasteiger partial charge on any atom is 0.257 e. The summed E-state index contributed by atoms with van der Waals surface area (Å²) in [5.74, 6) is 0.535. The van der Waals surface area contributed by atoms with E-state index < -0.39 is 0 Å². The molecule has 0 bridgehead atoms. The summed E-state index contributed by atoms with van der Waals surface area (Å²) in [6, 6.07) is 9.87. The maximum absolute atomic E-state index is 13.0. The highest BCUT2D eigenvalue weighted by molar-refractivity contribution is 5.95. The number of likely N-dealkylation sites (N-methyl/N-ethyl adjacent to an activating group) is 1. The molecule has 0 spiro atoms. The standard InChI is InChI=1S/C25H35N3O3/c1-5-22-24(25(30)26-14-13-19-9-11-21(31-4)12-10-19)23(29)16-18(3)28(22)17-20-8-7-15-27(20)6-2/h9-12,16,20H,5-8,13-15,17H2,1-4H3,(H,26,30)/t20-/m1/s1. The van der Waals surface area contributed by atoms with E-state index >= 15 is 0 Å². The number of pyridine rings is 1. The zero-order valence-electron chi connectivity index (χ0n) is 19.2. The second-order valence-electron chi connectivity index (χ2n) is 8.21. The molecule has 31 heavy (non-hydrogen) atoms. The van der Waals surface area contributed by atoms with Gasteiger partial charge >= 0.3 is 0 Å². The summed E-state index contributed by atoms with van der Waals surface area (Å²) in [5, 5.41) is 2.96. The molecule has 1 amide bonds. The summed E-state index contributed by atoms with van der Waals surface area (Å²) in [7, 11) is 1.64. The lowest BCUT2D eigenvalue weighted by Crippen LogP contribution is -2.37. The minimum absolute atomic E-state index is 0.189. The second-order valence-corrected chi connectivity index (χ2v) is 8.21. The van der Waals surface area contributed by atoms with Gasteiger partial charge in [0.05, 0.1) is 7.11 Å². The Labute approximate surface area is 185 Å². The van der Waals surface area contributed by atoms with Gasteiger partial charge in [-0.25, -0.2) is 0 Å². The Bertz CT molecular complexity index is 950. The SMILES string of the molecule is CCc1c(C(=O)NCCc2ccc(OC)cc2)c(=O)cc(C)n1C[C@H]1CCCN1CC. The molecule has 1 N–H and O–H groups in total. The van der Waals surface area contributed by atoms with Gasteiger partial charge in [-0.15, -0.1) is 0 Å². The summed E-state index contributed by atoms with van der Waals surface area (Å²) in [6.45, 7) is 9.65. The van der Waals surface area contributed by atoms with E-state index in [-0.39, 0.29) is 11.3 Å². The van der Waals surface area contributed by atoms with Gasteiger partial charge < -0.3 is 14.6 Å². The molecule has 0 saturated carbocycles. The van der Waals surface area contributed by atoms with Crippen LogP contribution in [-0.2, 0) is 19.4 Å². The molecule has 1 saturated heterocycles. The third kappa shape index (κ3) is 5.37. The number of likely N-dealkylation sites (tertiary alicyclic amines) is 1. The Balaban J connectivity index is 1.75. The lowest BCUT2D eigenvalue weighted by Gasteiger charge is -2.27. The van der Waals surface area contributed by atoms with Gasteiger partial charge in [-0.1, -0.05) is 26.0 Å². The molecular weight excluding hydrogens is 390 g/mol. The zero-order valence-corrected chi connectivity index (χ0v) is 19.2. The Morgan fingerprint density at radius 2 is 1.97 bits per heavy atom. The van der Waals surface area contributed by atoms with Crippen LogP contribution in [0.2, 0.25) is 0 Å². The van der Waals surface area contributed by atoms with Gasteiger partial charge in [-0.2, -0.15) is 0 Å². The number of hydrogen-bond acceptors (Lipinski definition) is 4. The normalized spacial score (nSPS) is 16.5. The van der Waals surface area contributed by atoms with E-state index in [0.29, 0.717) is 31.0 Å². The molecule has 3 rings (SSSR count). The van der Waals surface area contributed by atoms with E-state index in [4.69, 9.17) is 4.74 Å². The third-order valence-corrected chi connectivity index (χ3v) is 6.35. The molecule has 6 heteroatoms. The van der Waals surface area contributed by atoms with Gasteiger partial charge in [0.25, 0.3) is 5.91 Å². The van der Waals surface area contributed by atoms with Crippen LogP contribution in [0.5, 0.6) is 5.75 Å². The van der Waals surface area contributed by atoms with E-state index in [9.17, 15) is 9.59 Å². The van der Waals surface area contributed by atoms with E-state index in [0.717, 1.165) is 48.8 Å². The molecular formula is C25H35N3O3. The number of carbonyl (C=O) groups is 1. The van der Waals surface area contributed by atoms with Crippen molar-refractivity contribution in [1.82, 2.24) is 14.8 Å². The molecule has 1 aliphatic rings. The van der Waals surface area contributed by atoms with Gasteiger partial charge in [0.1, 0.15) is 11.3 Å². The molecule has 2 aromatic rings. The van der Waals surface area contributed by atoms with Crippen LogP contribution in [0.15, 0.2) is 35.1 Å². The van der Waals surface area contributed by atoms with E-state index in [2.05, 4.69) is 21.7 Å². The number of amides is 1. The summed E-state index contributed by atoms with van der Waals surface area (Å²) in [4.78, 5) is 28.3. The van der Waals surface area contributed by atoms with Crippen molar-refractivity contribution in [2.24, 2.45) is 0 Å². The summed E-state index contributed by atoms with van der Waals surface area (Å²) in [5.41, 5.74) is 2.99. The van der Waals surface area contributed by atoms with Crippen molar-refractivity contribution < 1.29 is 9.53 Å². The van der Waals surface area contributed by atoms with E-state index in [1.807, 2.05) is 38.1 Å². The fourth-order valence-electron chi connectivity index (χ4n) is 4.62. The van der Waals surface area contributed by atoms with Crippen LogP contribution in [0.3, 0.4) is 0 Å². The first-order valence-electron chi connectivity index (χ1n) is 11.4. The Morgan fingerprint density at radius 1 is 1.23 bits per heavy atom. The first-order valence-corrected chi connectivity index (χ1v) is 11.4. The largest absolute Gasteiger partial charge is 0.497 e. The molecule has 2 heterocycles. The number of aromatic nitrogens is 1. The number of methoxy groups -OCH3 is 1. The van der Waals surface area contributed by atoms with E-state index in [1.54, 1.807) is 13.2 Å². The molecule has 0 radical (unpaired) electrons. The van der Waals surface area contributed by atoms with Crippen LogP contribution in [0.1, 0.15) is 54.0 Å². The van der Waals surface area contributed by atoms with Gasteiger partial charge in [0.2, 0.25) is 0 Å². The lowest BCUT2D eigenvalue weighted by molar-refractivity contribution is 0.0950. The molecule has 168 valence electrons. The van der Waals surface area contributed by atoms with E-state index in [1.165, 1.54) is 6.42 Å². The predicted molar refractivity (Wildman–Crippen MR) is 124 cm³/mol. The molecule has 0 aliphatic carbocycles. The van der Waals surface area contributed by atoms with Crippen molar-refractivity contribution >= 4 is 5.91 Å². The van der Waals surface area contributed by atoms with Crippen molar-refractivity contribution in [2.45, 2.75) is 59.0 Å². The summed E-state index contributed by atoms with van der Waals surface area (Å²) >= 11 is 0. The van der Waals surface area contributed by atoms with Crippen molar-refractivity contribution in [1.29, 1.82) is 0 Å². The minimum atomic E-state index is -0.275. The van der Waals surface area contributed by atoms with Crippen molar-refractivity contribution in [3.63, 3.8) is 0 Å². The summed E-state index contributed by atoms with van der Waals surface area (Å²) < 4.78 is 7.37. The van der Waals surface area contributed by atoms with Gasteiger partial charge in [-0.05, 0) is 63.4 Å². The smallest absolute Gasteiger partial charge is 0.257 e. The van der Waals surface area contributed by atoms with Crippen LogP contribution < -0.4 is 15.5 Å². The highest BCUT2D eigenvalue weighted by Gasteiger charge is 2.26. The van der Waals surface area contributed by atoms with Crippen LogP contribution in [0.4, 0.5) is 0 Å². The fourth-order valence-corrected chi connectivity index (χ4v) is 4.62. The Morgan fingerprint density at radius 3 is 2.61 bits per heavy atom. The average Bonchev–Trinajstić information content (AvgIpc) is 3.22. The highest BCUT2D eigenvalue weighted by Crippen LogP contribution is 2.21. The fraction of sp³-hybridized carbons (Fsp3) is 0.520. The number of ether oxygens (including phenoxy) is 1. The lowest BCUT2D eigenvalue weighted by atomic mass is 10.1. The molecule has 6 nitrogen and oxygen atoms in total. The predicted octanol–water partition coefficient (Wildman–Crippen LogP) is 3.18. The van der Waals surface area contributed by atoms with Crippen LogP contribution >= 0.6 is 0 Å². The number of nitrogens with one attached hydrogen (secondary N) is 1. The Hall–Kier alpha value is -2.60. The molecule has 1 aliphatic heterocycles. The maximum atomic E-state index is 13.0.